The van der Waals surface area contributed by atoms with E-state index in [0.29, 0.717) is 0 Å². The van der Waals surface area contributed by atoms with E-state index in [0.717, 1.165) is 70.2 Å². The van der Waals surface area contributed by atoms with Crippen molar-refractivity contribution in [2.45, 2.75) is 72.6 Å². The first-order chi connectivity index (χ1) is 34.8. The second-order valence-corrected chi connectivity index (χ2v) is 19.4. The monoisotopic (exact) mass is 919 g/mol. The highest BCUT2D eigenvalue weighted by atomic mass is 16.3. The summed E-state index contributed by atoms with van der Waals surface area (Å²) in [7, 11) is 0. The Labute approximate surface area is 420 Å². The normalized spacial score (nSPS) is 13.4. The summed E-state index contributed by atoms with van der Waals surface area (Å²) in [6, 6.07) is 71.8. The van der Waals surface area contributed by atoms with Gasteiger partial charge in [0.05, 0.1) is 0 Å². The molecule has 0 radical (unpaired) electrons. The molecule has 0 saturated carbocycles. The molecule has 0 saturated heterocycles. The molecule has 0 fully saturated rings. The van der Waals surface area contributed by atoms with Gasteiger partial charge in [-0.05, 0) is 176 Å². The zero-order chi connectivity index (χ0) is 48.6. The van der Waals surface area contributed by atoms with Crippen LogP contribution in [0.15, 0.2) is 217 Å². The van der Waals surface area contributed by atoms with Gasteiger partial charge in [-0.1, -0.05) is 193 Å². The van der Waals surface area contributed by atoms with Crippen LogP contribution in [0, 0.1) is 6.92 Å². The van der Waals surface area contributed by atoms with Crippen molar-refractivity contribution in [3.05, 3.63) is 240 Å². The number of furan rings is 1. The molecule has 0 bridgehead atoms. The van der Waals surface area contributed by atoms with E-state index in [1.54, 1.807) is 0 Å². The number of benzene rings is 9. The third-order valence-corrected chi connectivity index (χ3v) is 14.9. The number of allylic oxidation sites excluding steroid dienone is 4. The molecule has 0 N–H and O–H groups in total. The van der Waals surface area contributed by atoms with Gasteiger partial charge in [0.25, 0.3) is 0 Å². The SMILES string of the molecule is CC.CCCc1ccccc1-c1cccc(-c2ccc(N(c3ccc(-c4ccc5c(c4)-c4ccc(C6=CCCC=C6)cc4C5(C)C)cc3)c3ccc(-c4cccc5oc6ccccc6c45)cc3)cc2)c1C. The molecule has 0 atom stereocenters. The highest BCUT2D eigenvalue weighted by Gasteiger charge is 2.36. The second-order valence-electron chi connectivity index (χ2n) is 19.4. The van der Waals surface area contributed by atoms with Gasteiger partial charge in [-0.3, -0.25) is 0 Å². The molecular weight excluding hydrogens is 859 g/mol. The van der Waals surface area contributed by atoms with E-state index in [4.69, 9.17) is 4.42 Å². The Morgan fingerprint density at radius 1 is 0.479 bits per heavy atom. The lowest BCUT2D eigenvalue weighted by molar-refractivity contribution is 0.660. The number of fused-ring (bicyclic) bond motifs is 6. The van der Waals surface area contributed by atoms with Crippen LogP contribution in [0.4, 0.5) is 17.1 Å². The number of rotatable bonds is 10. The van der Waals surface area contributed by atoms with Crippen molar-refractivity contribution in [2.24, 2.45) is 0 Å². The molecule has 1 aromatic heterocycles. The highest BCUT2D eigenvalue weighted by Crippen LogP contribution is 2.51. The van der Waals surface area contributed by atoms with Crippen LogP contribution in [-0.4, -0.2) is 0 Å². The molecule has 0 aliphatic heterocycles. The molecule has 71 heavy (non-hydrogen) atoms. The van der Waals surface area contributed by atoms with Crippen molar-refractivity contribution in [3.8, 4) is 55.6 Å². The van der Waals surface area contributed by atoms with Crippen molar-refractivity contribution in [1.82, 2.24) is 0 Å². The molecular formula is C69H61NO. The number of nitrogens with zero attached hydrogens (tertiary/aromatic N) is 1. The highest BCUT2D eigenvalue weighted by molar-refractivity contribution is 6.12. The first kappa shape index (κ1) is 45.5. The van der Waals surface area contributed by atoms with Crippen molar-refractivity contribution < 1.29 is 4.42 Å². The lowest BCUT2D eigenvalue weighted by Crippen LogP contribution is -2.15. The molecule has 2 aliphatic carbocycles. The summed E-state index contributed by atoms with van der Waals surface area (Å²) in [5.41, 5.74) is 25.7. The molecule has 0 unspecified atom stereocenters. The second kappa shape index (κ2) is 19.1. The third kappa shape index (κ3) is 8.22. The van der Waals surface area contributed by atoms with Gasteiger partial charge < -0.3 is 9.32 Å². The summed E-state index contributed by atoms with van der Waals surface area (Å²) in [5.74, 6) is 0. The fourth-order valence-electron chi connectivity index (χ4n) is 11.3. The molecule has 348 valence electrons. The van der Waals surface area contributed by atoms with E-state index in [2.05, 4.69) is 239 Å². The van der Waals surface area contributed by atoms with E-state index in [1.165, 1.54) is 83.5 Å². The van der Waals surface area contributed by atoms with Gasteiger partial charge in [0.1, 0.15) is 11.2 Å². The zero-order valence-corrected chi connectivity index (χ0v) is 41.9. The lowest BCUT2D eigenvalue weighted by atomic mass is 9.81. The fourth-order valence-corrected chi connectivity index (χ4v) is 11.3. The molecule has 0 spiro atoms. The Hall–Kier alpha value is -7.94. The van der Waals surface area contributed by atoms with Gasteiger partial charge in [-0.25, -0.2) is 0 Å². The molecule has 0 amide bonds. The summed E-state index contributed by atoms with van der Waals surface area (Å²) in [5, 5.41) is 2.28. The topological polar surface area (TPSA) is 16.4 Å². The van der Waals surface area contributed by atoms with Crippen LogP contribution in [-0.2, 0) is 11.8 Å². The molecule has 9 aromatic carbocycles. The van der Waals surface area contributed by atoms with Gasteiger partial charge >= 0.3 is 0 Å². The van der Waals surface area contributed by atoms with Gasteiger partial charge in [-0.15, -0.1) is 0 Å². The van der Waals surface area contributed by atoms with Crippen LogP contribution >= 0.6 is 0 Å². The fraction of sp³-hybridized carbons (Fsp3) is 0.159. The molecule has 1 heterocycles. The minimum Gasteiger partial charge on any atom is -0.456 e. The average Bonchev–Trinajstić information content (AvgIpc) is 3.92. The van der Waals surface area contributed by atoms with E-state index in [1.807, 2.05) is 19.9 Å². The van der Waals surface area contributed by atoms with Crippen LogP contribution in [0.2, 0.25) is 0 Å². The number of hydrogen-bond acceptors (Lipinski definition) is 2. The van der Waals surface area contributed by atoms with Crippen molar-refractivity contribution in [2.75, 3.05) is 4.90 Å². The molecule has 10 aromatic rings. The molecule has 12 rings (SSSR count). The van der Waals surface area contributed by atoms with Gasteiger partial charge in [0, 0.05) is 33.2 Å². The summed E-state index contributed by atoms with van der Waals surface area (Å²) in [4.78, 5) is 2.38. The minimum atomic E-state index is -0.0754. The van der Waals surface area contributed by atoms with Crippen LogP contribution in [0.1, 0.15) is 81.7 Å². The van der Waals surface area contributed by atoms with Crippen LogP contribution < -0.4 is 4.90 Å². The van der Waals surface area contributed by atoms with Gasteiger partial charge in [0.15, 0.2) is 0 Å². The molecule has 2 heteroatoms. The maximum atomic E-state index is 6.29. The summed E-state index contributed by atoms with van der Waals surface area (Å²) < 4.78 is 6.29. The first-order valence-electron chi connectivity index (χ1n) is 25.7. The Morgan fingerprint density at radius 2 is 1.07 bits per heavy atom. The van der Waals surface area contributed by atoms with E-state index < -0.39 is 0 Å². The summed E-state index contributed by atoms with van der Waals surface area (Å²) in [6.07, 6.45) is 11.4. The number of hydrogen-bond donors (Lipinski definition) is 0. The maximum Gasteiger partial charge on any atom is 0.136 e. The van der Waals surface area contributed by atoms with E-state index in [-0.39, 0.29) is 5.41 Å². The van der Waals surface area contributed by atoms with Crippen LogP contribution in [0.5, 0.6) is 0 Å². The van der Waals surface area contributed by atoms with Gasteiger partial charge in [0.2, 0.25) is 0 Å². The molecule has 2 aliphatic rings. The lowest BCUT2D eigenvalue weighted by Gasteiger charge is -2.26. The Morgan fingerprint density at radius 3 is 1.79 bits per heavy atom. The number of para-hydroxylation sites is 1. The summed E-state index contributed by atoms with van der Waals surface area (Å²) in [6.45, 7) is 13.3. The Balaban J connectivity index is 0.00000270. The Bertz CT molecular complexity index is 3640. The third-order valence-electron chi connectivity index (χ3n) is 14.9. The summed E-state index contributed by atoms with van der Waals surface area (Å²) >= 11 is 0. The smallest absolute Gasteiger partial charge is 0.136 e. The Kier molecular flexibility index (Phi) is 12.2. The van der Waals surface area contributed by atoms with E-state index in [9.17, 15) is 0 Å². The van der Waals surface area contributed by atoms with Crippen molar-refractivity contribution in [1.29, 1.82) is 0 Å². The predicted molar refractivity (Wildman–Crippen MR) is 304 cm³/mol. The largest absolute Gasteiger partial charge is 0.456 e. The first-order valence-corrected chi connectivity index (χ1v) is 25.7. The van der Waals surface area contributed by atoms with Crippen LogP contribution in [0.25, 0.3) is 83.1 Å². The van der Waals surface area contributed by atoms with Crippen molar-refractivity contribution in [3.63, 3.8) is 0 Å². The molecule has 2 nitrogen and oxygen atoms in total. The quantitative estimate of drug-likeness (QED) is 0.136. The van der Waals surface area contributed by atoms with Crippen molar-refractivity contribution >= 4 is 44.6 Å². The maximum absolute atomic E-state index is 6.29. The van der Waals surface area contributed by atoms with Gasteiger partial charge in [-0.2, -0.15) is 0 Å². The number of anilines is 3. The average molecular weight is 920 g/mol. The standard InChI is InChI=1S/C67H55NO.C2H6/c1-5-15-47-18-9-10-19-57(47)56-22-13-21-55(44(56)2)48-28-36-53(37-29-48)68(54-38-30-49(31-39-54)58-23-14-25-65-66(58)60-20-11-12-24-64(60)69-65)52-34-26-46(27-35-52)50-33-41-62-61(42-50)59-40-32-51(43-63(59)67(62,3)4)45-16-7-6-8-17-45;1-2/h7,9-14,16-43H,5-6,8,15H2,1-4H3;1-2H3. The zero-order valence-electron chi connectivity index (χ0n) is 41.9. The van der Waals surface area contributed by atoms with Crippen LogP contribution in [0.3, 0.4) is 0 Å². The minimum absolute atomic E-state index is 0.0754. The predicted octanol–water partition coefficient (Wildman–Crippen LogP) is 20.1. The van der Waals surface area contributed by atoms with E-state index >= 15 is 0 Å². The number of aryl methyl sites for hydroxylation is 1.